The Morgan fingerprint density at radius 1 is 1.55 bits per heavy atom. The number of aromatic nitrogens is 1. The number of non-ortho nitro benzene ring substituents is 1. The number of rotatable bonds is 4. The summed E-state index contributed by atoms with van der Waals surface area (Å²) in [6, 6.07) is 4.96. The monoisotopic (exact) mass is 277 g/mol. The number of nitro groups is 1. The molecule has 1 aromatic carbocycles. The van der Waals surface area contributed by atoms with Crippen molar-refractivity contribution in [2.75, 3.05) is 18.5 Å². The third kappa shape index (κ3) is 2.44. The summed E-state index contributed by atoms with van der Waals surface area (Å²) in [5.41, 5.74) is 1.02. The summed E-state index contributed by atoms with van der Waals surface area (Å²) in [5, 5.41) is 13.9. The van der Waals surface area contributed by atoms with Gasteiger partial charge in [-0.05, 0) is 19.4 Å². The molecular weight excluding hydrogens is 262 g/mol. The summed E-state index contributed by atoms with van der Waals surface area (Å²) < 4.78 is 10.9. The number of ether oxygens (including phenoxy) is 1. The zero-order valence-electron chi connectivity index (χ0n) is 11.0. The van der Waals surface area contributed by atoms with Crippen molar-refractivity contribution in [3.05, 3.63) is 28.3 Å². The van der Waals surface area contributed by atoms with E-state index in [1.54, 1.807) is 6.07 Å². The third-order valence-corrected chi connectivity index (χ3v) is 3.61. The van der Waals surface area contributed by atoms with E-state index < -0.39 is 4.92 Å². The van der Waals surface area contributed by atoms with Crippen molar-refractivity contribution in [3.63, 3.8) is 0 Å². The van der Waals surface area contributed by atoms with E-state index in [1.807, 2.05) is 0 Å². The molecule has 0 bridgehead atoms. The first kappa shape index (κ1) is 12.9. The molecule has 1 saturated heterocycles. The normalized spacial score (nSPS) is 20.1. The van der Waals surface area contributed by atoms with E-state index in [4.69, 9.17) is 9.15 Å². The van der Waals surface area contributed by atoms with Crippen LogP contribution in [0.15, 0.2) is 22.6 Å². The number of oxazole rings is 1. The van der Waals surface area contributed by atoms with Gasteiger partial charge in [-0.3, -0.25) is 10.1 Å². The lowest BCUT2D eigenvalue weighted by Gasteiger charge is -2.17. The summed E-state index contributed by atoms with van der Waals surface area (Å²) in [6.45, 7) is 3.58. The highest BCUT2D eigenvalue weighted by Crippen LogP contribution is 2.25. The van der Waals surface area contributed by atoms with Crippen LogP contribution in [0.3, 0.4) is 0 Å². The zero-order valence-corrected chi connectivity index (χ0v) is 11.0. The predicted molar refractivity (Wildman–Crippen MR) is 72.7 cm³/mol. The van der Waals surface area contributed by atoms with Crippen molar-refractivity contribution >= 4 is 22.8 Å². The lowest BCUT2D eigenvalue weighted by atomic mass is 10.0. The van der Waals surface area contributed by atoms with Gasteiger partial charge in [0.2, 0.25) is 0 Å². The third-order valence-electron chi connectivity index (χ3n) is 3.61. The molecular formula is C13H15N3O4. The predicted octanol–water partition coefficient (Wildman–Crippen LogP) is 2.57. The van der Waals surface area contributed by atoms with E-state index in [1.165, 1.54) is 12.1 Å². The van der Waals surface area contributed by atoms with Crippen molar-refractivity contribution < 1.29 is 14.1 Å². The van der Waals surface area contributed by atoms with Gasteiger partial charge in [0.1, 0.15) is 5.52 Å². The van der Waals surface area contributed by atoms with E-state index in [0.717, 1.165) is 19.6 Å². The maximum atomic E-state index is 10.7. The zero-order chi connectivity index (χ0) is 14.1. The highest BCUT2D eigenvalue weighted by atomic mass is 16.6. The minimum Gasteiger partial charge on any atom is -0.423 e. The molecule has 2 aromatic rings. The van der Waals surface area contributed by atoms with Gasteiger partial charge < -0.3 is 14.5 Å². The average Bonchev–Trinajstić information content (AvgIpc) is 3.06. The number of nitrogens with zero attached hydrogens (tertiary/aromatic N) is 2. The Kier molecular flexibility index (Phi) is 3.27. The highest BCUT2D eigenvalue weighted by Gasteiger charge is 2.23. The second-order valence-electron chi connectivity index (χ2n) is 4.98. The van der Waals surface area contributed by atoms with E-state index >= 15 is 0 Å². The van der Waals surface area contributed by atoms with Crippen molar-refractivity contribution in [2.24, 2.45) is 5.92 Å². The number of nitro benzene ring substituents is 1. The first-order chi connectivity index (χ1) is 9.63. The Balaban J connectivity index is 1.79. The molecule has 0 radical (unpaired) electrons. The van der Waals surface area contributed by atoms with E-state index in [0.29, 0.717) is 23.0 Å². The van der Waals surface area contributed by atoms with Crippen LogP contribution in [0, 0.1) is 16.0 Å². The Morgan fingerprint density at radius 3 is 3.10 bits per heavy atom. The molecule has 2 atom stereocenters. The molecule has 1 aliphatic rings. The molecule has 1 fully saturated rings. The van der Waals surface area contributed by atoms with Crippen LogP contribution in [-0.4, -0.2) is 29.2 Å². The molecule has 0 spiro atoms. The Bertz CT molecular complexity index is 634. The van der Waals surface area contributed by atoms with Crippen LogP contribution >= 0.6 is 0 Å². The summed E-state index contributed by atoms with van der Waals surface area (Å²) >= 11 is 0. The van der Waals surface area contributed by atoms with Crippen LogP contribution in [0.4, 0.5) is 11.7 Å². The second kappa shape index (κ2) is 5.09. The number of hydrogen-bond donors (Lipinski definition) is 1. The number of fused-ring (bicyclic) bond motifs is 1. The van der Waals surface area contributed by atoms with Gasteiger partial charge in [-0.1, -0.05) is 0 Å². The summed E-state index contributed by atoms with van der Waals surface area (Å²) in [5.74, 6) is 0.430. The van der Waals surface area contributed by atoms with Gasteiger partial charge in [0, 0.05) is 24.6 Å². The highest BCUT2D eigenvalue weighted by molar-refractivity contribution is 5.77. The molecule has 20 heavy (non-hydrogen) atoms. The van der Waals surface area contributed by atoms with E-state index in [-0.39, 0.29) is 11.7 Å². The number of anilines is 1. The largest absolute Gasteiger partial charge is 0.423 e. The Hall–Kier alpha value is -2.15. The van der Waals surface area contributed by atoms with Crippen molar-refractivity contribution in [1.82, 2.24) is 4.98 Å². The van der Waals surface area contributed by atoms with Gasteiger partial charge in [-0.25, -0.2) is 0 Å². The minimum atomic E-state index is -0.451. The topological polar surface area (TPSA) is 90.4 Å². The molecule has 0 amide bonds. The lowest BCUT2D eigenvalue weighted by Crippen LogP contribution is -2.26. The molecule has 7 heteroatoms. The van der Waals surface area contributed by atoms with Crippen molar-refractivity contribution in [3.8, 4) is 0 Å². The molecule has 3 rings (SSSR count). The molecule has 106 valence electrons. The molecule has 0 aliphatic carbocycles. The van der Waals surface area contributed by atoms with Crippen molar-refractivity contribution in [2.45, 2.75) is 19.4 Å². The smallest absolute Gasteiger partial charge is 0.295 e. The lowest BCUT2D eigenvalue weighted by molar-refractivity contribution is -0.384. The molecule has 2 heterocycles. The standard InChI is InChI=1S/C13H15N3O4/c1-8(9-4-5-19-7-9)14-13-15-11-3-2-10(16(17)18)6-12(11)20-13/h2-3,6,8-9H,4-5,7H2,1H3,(H,14,15). The van der Waals surface area contributed by atoms with Gasteiger partial charge in [0.15, 0.2) is 5.58 Å². The van der Waals surface area contributed by atoms with Crippen LogP contribution in [0.1, 0.15) is 13.3 Å². The SMILES string of the molecule is CC(Nc1nc2ccc([N+](=O)[O-])cc2o1)C1CCOC1. The maximum Gasteiger partial charge on any atom is 0.295 e. The fourth-order valence-electron chi connectivity index (χ4n) is 2.35. The van der Waals surface area contributed by atoms with Crippen LogP contribution in [0.5, 0.6) is 0 Å². The maximum absolute atomic E-state index is 10.7. The average molecular weight is 277 g/mol. The Morgan fingerprint density at radius 2 is 2.40 bits per heavy atom. The number of nitrogens with one attached hydrogen (secondary N) is 1. The first-order valence-electron chi connectivity index (χ1n) is 6.53. The van der Waals surface area contributed by atoms with Crippen LogP contribution in [0.2, 0.25) is 0 Å². The summed E-state index contributed by atoms with van der Waals surface area (Å²) in [7, 11) is 0. The first-order valence-corrected chi connectivity index (χ1v) is 6.53. The molecule has 1 aliphatic heterocycles. The second-order valence-corrected chi connectivity index (χ2v) is 4.98. The van der Waals surface area contributed by atoms with Gasteiger partial charge in [0.05, 0.1) is 17.6 Å². The molecule has 0 saturated carbocycles. The van der Waals surface area contributed by atoms with Gasteiger partial charge in [-0.15, -0.1) is 0 Å². The molecule has 1 aromatic heterocycles. The minimum absolute atomic E-state index is 0.00237. The van der Waals surface area contributed by atoms with Gasteiger partial charge in [0.25, 0.3) is 11.7 Å². The van der Waals surface area contributed by atoms with Crippen LogP contribution in [0.25, 0.3) is 11.1 Å². The molecule has 2 unspecified atom stereocenters. The summed E-state index contributed by atoms with van der Waals surface area (Å²) in [4.78, 5) is 14.5. The van der Waals surface area contributed by atoms with E-state index in [2.05, 4.69) is 17.2 Å². The van der Waals surface area contributed by atoms with Gasteiger partial charge >= 0.3 is 0 Å². The fraction of sp³-hybridized carbons (Fsp3) is 0.462. The molecule has 1 N–H and O–H groups in total. The van der Waals surface area contributed by atoms with Crippen LogP contribution < -0.4 is 5.32 Å². The van der Waals surface area contributed by atoms with Crippen molar-refractivity contribution in [1.29, 1.82) is 0 Å². The molecule has 7 nitrogen and oxygen atoms in total. The number of benzene rings is 1. The van der Waals surface area contributed by atoms with Gasteiger partial charge in [-0.2, -0.15) is 4.98 Å². The number of hydrogen-bond acceptors (Lipinski definition) is 6. The quantitative estimate of drug-likeness (QED) is 0.682. The van der Waals surface area contributed by atoms with Crippen LogP contribution in [-0.2, 0) is 4.74 Å². The van der Waals surface area contributed by atoms with E-state index in [9.17, 15) is 10.1 Å². The summed E-state index contributed by atoms with van der Waals surface area (Å²) in [6.07, 6.45) is 1.01. The fourth-order valence-corrected chi connectivity index (χ4v) is 2.35. The Labute approximate surface area is 115 Å².